The molecule has 45 heavy (non-hydrogen) atoms. The summed E-state index contributed by atoms with van der Waals surface area (Å²) in [4.78, 5) is 21.8. The van der Waals surface area contributed by atoms with Crippen molar-refractivity contribution in [3.05, 3.63) is 101 Å². The lowest BCUT2D eigenvalue weighted by atomic mass is 9.80. The standard InChI is InChI=1S/C33H35ClN4O6S/c1-21(2)36-20-22-7-14-30(43-4)27(18-22)33(37-16-5-6-29(37)31-35-15-17-44-31)26-19-23(34)8-13-28(26)38(32(33)39)45(40,41)25-11-9-24(42-3)10-12-25/h7-15,17-19,21,29,36H,5-6,16,20H2,1-4H3/t29-,33?/m0/s1. The van der Waals surface area contributed by atoms with Crippen LogP contribution in [0.4, 0.5) is 5.69 Å². The number of halogens is 1. The molecule has 3 heterocycles. The zero-order valence-electron chi connectivity index (χ0n) is 25.5. The third kappa shape index (κ3) is 5.17. The second kappa shape index (κ2) is 12.1. The van der Waals surface area contributed by atoms with Crippen LogP contribution < -0.4 is 19.1 Å². The van der Waals surface area contributed by atoms with Gasteiger partial charge < -0.3 is 19.2 Å². The van der Waals surface area contributed by atoms with Crippen molar-refractivity contribution in [1.29, 1.82) is 0 Å². The van der Waals surface area contributed by atoms with Crippen LogP contribution in [0.5, 0.6) is 11.5 Å². The van der Waals surface area contributed by atoms with Gasteiger partial charge in [-0.05, 0) is 73.0 Å². The fourth-order valence-electron chi connectivity index (χ4n) is 6.42. The van der Waals surface area contributed by atoms with Crippen LogP contribution >= 0.6 is 11.6 Å². The summed E-state index contributed by atoms with van der Waals surface area (Å²) in [6.45, 7) is 5.09. The van der Waals surface area contributed by atoms with E-state index in [1.54, 1.807) is 36.5 Å². The summed E-state index contributed by atoms with van der Waals surface area (Å²) in [5, 5.41) is 3.79. The number of hydrogen-bond donors (Lipinski definition) is 1. The molecule has 1 amide bonds. The monoisotopic (exact) mass is 650 g/mol. The fraction of sp³-hybridized carbons (Fsp3) is 0.333. The molecule has 0 spiro atoms. The first-order valence-corrected chi connectivity index (χ1v) is 16.6. The van der Waals surface area contributed by atoms with Crippen LogP contribution in [0.3, 0.4) is 0 Å². The van der Waals surface area contributed by atoms with Gasteiger partial charge in [-0.15, -0.1) is 0 Å². The molecule has 0 radical (unpaired) electrons. The average Bonchev–Trinajstić information content (AvgIpc) is 3.79. The highest BCUT2D eigenvalue weighted by Gasteiger charge is 2.62. The first-order valence-electron chi connectivity index (χ1n) is 14.7. The largest absolute Gasteiger partial charge is 0.497 e. The third-order valence-electron chi connectivity index (χ3n) is 8.45. The first-order chi connectivity index (χ1) is 21.6. The van der Waals surface area contributed by atoms with Crippen LogP contribution in [-0.4, -0.2) is 51.0 Å². The molecule has 4 aromatic rings. The Balaban J connectivity index is 1.65. The molecule has 1 unspecified atom stereocenters. The van der Waals surface area contributed by atoms with Crippen LogP contribution in [0.15, 0.2) is 82.4 Å². The van der Waals surface area contributed by atoms with Crippen molar-refractivity contribution < 1.29 is 27.1 Å². The molecule has 2 aliphatic heterocycles. The van der Waals surface area contributed by atoms with Crippen molar-refractivity contribution in [2.75, 3.05) is 25.1 Å². The van der Waals surface area contributed by atoms with Crippen LogP contribution in [0.1, 0.15) is 55.3 Å². The number of benzene rings is 3. The molecule has 1 aromatic heterocycles. The minimum Gasteiger partial charge on any atom is -0.497 e. The zero-order valence-corrected chi connectivity index (χ0v) is 27.1. The fourth-order valence-corrected chi connectivity index (χ4v) is 8.06. The van der Waals surface area contributed by atoms with Gasteiger partial charge in [0.25, 0.3) is 15.9 Å². The Hall–Kier alpha value is -3.90. The summed E-state index contributed by atoms with van der Waals surface area (Å²) >= 11 is 6.65. The second-order valence-electron chi connectivity index (χ2n) is 11.4. The predicted octanol–water partition coefficient (Wildman–Crippen LogP) is 5.66. The topological polar surface area (TPSA) is 114 Å². The maximum Gasteiger partial charge on any atom is 0.271 e. The molecule has 2 aliphatic rings. The number of aromatic nitrogens is 1. The lowest BCUT2D eigenvalue weighted by molar-refractivity contribution is -0.127. The molecule has 12 heteroatoms. The summed E-state index contributed by atoms with van der Waals surface area (Å²) in [5.74, 6) is 0.701. The van der Waals surface area contributed by atoms with Crippen LogP contribution in [0.2, 0.25) is 5.02 Å². The Bertz CT molecular complexity index is 1810. The Labute approximate surface area is 268 Å². The van der Waals surface area contributed by atoms with Crippen LogP contribution in [0.25, 0.3) is 0 Å². The molecule has 1 saturated heterocycles. The Morgan fingerprint density at radius 1 is 1.07 bits per heavy atom. The van der Waals surface area contributed by atoms with Crippen LogP contribution in [-0.2, 0) is 26.9 Å². The number of sulfonamides is 1. The van der Waals surface area contributed by atoms with Crippen molar-refractivity contribution in [2.45, 2.75) is 55.8 Å². The normalized spacial score (nSPS) is 20.2. The smallest absolute Gasteiger partial charge is 0.271 e. The van der Waals surface area contributed by atoms with Crippen LogP contribution in [0, 0.1) is 0 Å². The number of fused-ring (bicyclic) bond motifs is 1. The number of carbonyl (C=O) groups excluding carboxylic acids is 1. The number of likely N-dealkylation sites (tertiary alicyclic amines) is 1. The van der Waals surface area contributed by atoms with E-state index in [-0.39, 0.29) is 16.6 Å². The highest BCUT2D eigenvalue weighted by Crippen LogP contribution is 2.56. The molecule has 2 atom stereocenters. The number of rotatable bonds is 10. The van der Waals surface area contributed by atoms with E-state index in [1.807, 2.05) is 23.1 Å². The third-order valence-corrected chi connectivity index (χ3v) is 10.4. The molecule has 6 rings (SSSR count). The van der Waals surface area contributed by atoms with E-state index < -0.39 is 27.5 Å². The van der Waals surface area contributed by atoms with Gasteiger partial charge in [0.15, 0.2) is 5.54 Å². The van der Waals surface area contributed by atoms with Gasteiger partial charge in [0, 0.05) is 35.3 Å². The Morgan fingerprint density at radius 3 is 2.51 bits per heavy atom. The van der Waals surface area contributed by atoms with E-state index in [0.717, 1.165) is 16.3 Å². The molecule has 10 nitrogen and oxygen atoms in total. The van der Waals surface area contributed by atoms with E-state index in [1.165, 1.54) is 32.6 Å². The van der Waals surface area contributed by atoms with E-state index >= 15 is 4.79 Å². The van der Waals surface area contributed by atoms with Gasteiger partial charge in [-0.25, -0.2) is 17.7 Å². The average molecular weight is 651 g/mol. The summed E-state index contributed by atoms with van der Waals surface area (Å²) < 4.78 is 46.8. The number of nitrogens with zero attached hydrogens (tertiary/aromatic N) is 3. The lowest BCUT2D eigenvalue weighted by Gasteiger charge is -2.41. The van der Waals surface area contributed by atoms with Crippen molar-refractivity contribution in [3.63, 3.8) is 0 Å². The van der Waals surface area contributed by atoms with Gasteiger partial charge >= 0.3 is 0 Å². The van der Waals surface area contributed by atoms with E-state index in [0.29, 0.717) is 53.0 Å². The molecule has 0 bridgehead atoms. The van der Waals surface area contributed by atoms with E-state index in [9.17, 15) is 8.42 Å². The van der Waals surface area contributed by atoms with E-state index in [2.05, 4.69) is 24.1 Å². The molecular formula is C33H35ClN4O6S. The zero-order chi connectivity index (χ0) is 31.9. The summed E-state index contributed by atoms with van der Waals surface area (Å²) in [5.41, 5.74) is 0.397. The maximum absolute atomic E-state index is 15.4. The van der Waals surface area contributed by atoms with E-state index in [4.69, 9.17) is 25.5 Å². The lowest BCUT2D eigenvalue weighted by Crippen LogP contribution is -2.54. The number of hydrogen-bond acceptors (Lipinski definition) is 9. The highest BCUT2D eigenvalue weighted by atomic mass is 35.5. The number of amides is 1. The van der Waals surface area contributed by atoms with Gasteiger partial charge in [0.05, 0.1) is 37.0 Å². The molecule has 0 saturated carbocycles. The summed E-state index contributed by atoms with van der Waals surface area (Å²) in [6.07, 6.45) is 4.44. The Kier molecular flexibility index (Phi) is 8.38. The van der Waals surface area contributed by atoms with Crippen molar-refractivity contribution >= 4 is 33.2 Å². The van der Waals surface area contributed by atoms with Gasteiger partial charge in [-0.2, -0.15) is 0 Å². The molecule has 1 N–H and O–H groups in total. The first kappa shape index (κ1) is 31.1. The molecule has 236 valence electrons. The van der Waals surface area contributed by atoms with Gasteiger partial charge in [0.1, 0.15) is 17.8 Å². The summed E-state index contributed by atoms with van der Waals surface area (Å²) in [7, 11) is -1.36. The maximum atomic E-state index is 15.4. The number of ether oxygens (including phenoxy) is 2. The number of nitrogens with one attached hydrogen (secondary N) is 1. The minimum absolute atomic E-state index is 0.0547. The van der Waals surface area contributed by atoms with Gasteiger partial charge in [-0.1, -0.05) is 31.5 Å². The number of anilines is 1. The molecule has 3 aromatic carbocycles. The number of oxazole rings is 1. The van der Waals surface area contributed by atoms with Crippen molar-refractivity contribution in [2.24, 2.45) is 0 Å². The highest BCUT2D eigenvalue weighted by molar-refractivity contribution is 7.93. The molecular weight excluding hydrogens is 616 g/mol. The predicted molar refractivity (Wildman–Crippen MR) is 170 cm³/mol. The molecule has 1 fully saturated rings. The second-order valence-corrected chi connectivity index (χ2v) is 13.6. The van der Waals surface area contributed by atoms with Gasteiger partial charge in [0.2, 0.25) is 5.89 Å². The number of methoxy groups -OCH3 is 2. The summed E-state index contributed by atoms with van der Waals surface area (Å²) in [6, 6.07) is 16.3. The minimum atomic E-state index is -4.40. The van der Waals surface area contributed by atoms with Crippen molar-refractivity contribution in [3.8, 4) is 11.5 Å². The SMILES string of the molecule is COc1ccc(S(=O)(=O)N2C(=O)C(c3cc(CNC(C)C)ccc3OC)(N3CCC[C@H]3c3ncco3)c3cc(Cl)ccc32)cc1. The molecule has 0 aliphatic carbocycles. The van der Waals surface area contributed by atoms with Crippen molar-refractivity contribution in [1.82, 2.24) is 15.2 Å². The number of carbonyl (C=O) groups is 1. The Morgan fingerprint density at radius 2 is 1.84 bits per heavy atom. The van der Waals surface area contributed by atoms with Gasteiger partial charge in [-0.3, -0.25) is 9.69 Å². The quantitative estimate of drug-likeness (QED) is 0.232.